The highest BCUT2D eigenvalue weighted by molar-refractivity contribution is 6.00. The van der Waals surface area contributed by atoms with Crippen LogP contribution in [0, 0.1) is 13.8 Å². The van der Waals surface area contributed by atoms with Crippen LogP contribution in [0.3, 0.4) is 0 Å². The number of nitrogens with zero attached hydrogens (tertiary/aromatic N) is 2. The zero-order valence-corrected chi connectivity index (χ0v) is 21.2. The molecule has 2 amide bonds. The molecule has 2 rings (SSSR count). The lowest BCUT2D eigenvalue weighted by atomic mass is 10.1. The lowest BCUT2D eigenvalue weighted by Gasteiger charge is -2.27. The molecule has 2 aromatic heterocycles. The van der Waals surface area contributed by atoms with Crippen molar-refractivity contribution in [1.29, 1.82) is 0 Å². The van der Waals surface area contributed by atoms with Gasteiger partial charge in [0.25, 0.3) is 5.91 Å². The second kappa shape index (κ2) is 11.7. The summed E-state index contributed by atoms with van der Waals surface area (Å²) in [5.74, 6) is -0.774. The van der Waals surface area contributed by atoms with E-state index in [1.165, 1.54) is 0 Å². The number of H-pyrrole nitrogens is 1. The molecule has 0 spiro atoms. The number of esters is 1. The summed E-state index contributed by atoms with van der Waals surface area (Å²) in [4.78, 5) is 46.4. The molecule has 9 heteroatoms. The van der Waals surface area contributed by atoms with E-state index in [9.17, 15) is 14.4 Å². The minimum atomic E-state index is -0.615. The molecule has 0 saturated carbocycles. The summed E-state index contributed by atoms with van der Waals surface area (Å²) < 4.78 is 10.8. The number of pyridine rings is 1. The van der Waals surface area contributed by atoms with E-state index in [1.54, 1.807) is 45.0 Å². The summed E-state index contributed by atoms with van der Waals surface area (Å²) in [7, 11) is 0. The van der Waals surface area contributed by atoms with Gasteiger partial charge >= 0.3 is 12.1 Å². The first-order valence-electron chi connectivity index (χ1n) is 11.4. The lowest BCUT2D eigenvalue weighted by molar-refractivity contribution is 0.0231. The number of amides is 2. The fourth-order valence-corrected chi connectivity index (χ4v) is 3.39. The summed E-state index contributed by atoms with van der Waals surface area (Å²) in [5, 5.41) is 2.85. The number of aromatic amines is 1. The molecule has 0 aromatic carbocycles. The highest BCUT2D eigenvalue weighted by Gasteiger charge is 2.24. The number of hydrogen-bond acceptors (Lipinski definition) is 6. The second-order valence-electron chi connectivity index (χ2n) is 9.45. The zero-order chi connectivity index (χ0) is 25.5. The van der Waals surface area contributed by atoms with Gasteiger partial charge in [-0.1, -0.05) is 6.07 Å². The van der Waals surface area contributed by atoms with Crippen LogP contribution < -0.4 is 5.32 Å². The van der Waals surface area contributed by atoms with Crippen molar-refractivity contribution in [1.82, 2.24) is 20.2 Å². The maximum absolute atomic E-state index is 12.7. The summed E-state index contributed by atoms with van der Waals surface area (Å²) in [6.07, 6.45) is 3.23. The van der Waals surface area contributed by atoms with Gasteiger partial charge in [0, 0.05) is 31.2 Å². The second-order valence-corrected chi connectivity index (χ2v) is 9.45. The van der Waals surface area contributed by atoms with Crippen molar-refractivity contribution < 1.29 is 23.9 Å². The summed E-state index contributed by atoms with van der Waals surface area (Å²) in [6, 6.07) is 3.71. The van der Waals surface area contributed by atoms with Crippen LogP contribution in [0.4, 0.5) is 4.79 Å². The highest BCUT2D eigenvalue weighted by atomic mass is 16.6. The SMILES string of the molecule is Cc1[nH]c(C(=O)NCCCN(Cc2cccnc2)C(=O)OC(C)(C)C)c(C)c1C(=O)OC(C)C. The van der Waals surface area contributed by atoms with Crippen molar-refractivity contribution in [3.8, 4) is 0 Å². The van der Waals surface area contributed by atoms with Crippen LogP contribution in [0.25, 0.3) is 0 Å². The molecule has 0 fully saturated rings. The molecule has 0 unspecified atom stereocenters. The number of aryl methyl sites for hydroxylation is 1. The Morgan fingerprint density at radius 1 is 1.21 bits per heavy atom. The Kier molecular flexibility index (Phi) is 9.23. The van der Waals surface area contributed by atoms with Crippen molar-refractivity contribution in [2.75, 3.05) is 13.1 Å². The molecule has 9 nitrogen and oxygen atoms in total. The van der Waals surface area contributed by atoms with E-state index in [0.717, 1.165) is 5.56 Å². The van der Waals surface area contributed by atoms with E-state index >= 15 is 0 Å². The monoisotopic (exact) mass is 472 g/mol. The van der Waals surface area contributed by atoms with Gasteiger partial charge in [0.05, 0.1) is 18.2 Å². The average Bonchev–Trinajstić information content (AvgIpc) is 3.03. The number of aromatic nitrogens is 2. The van der Waals surface area contributed by atoms with E-state index in [2.05, 4.69) is 15.3 Å². The first kappa shape index (κ1) is 26.9. The predicted molar refractivity (Wildman–Crippen MR) is 129 cm³/mol. The molecule has 0 radical (unpaired) electrons. The Morgan fingerprint density at radius 2 is 1.91 bits per heavy atom. The molecule has 2 heterocycles. The van der Waals surface area contributed by atoms with Crippen LogP contribution in [0.1, 0.15) is 78.7 Å². The normalized spacial score (nSPS) is 11.3. The third kappa shape index (κ3) is 7.90. The van der Waals surface area contributed by atoms with Crippen LogP contribution in [0.5, 0.6) is 0 Å². The minimum absolute atomic E-state index is 0.252. The molecule has 34 heavy (non-hydrogen) atoms. The number of hydrogen-bond donors (Lipinski definition) is 2. The first-order valence-corrected chi connectivity index (χ1v) is 11.4. The van der Waals surface area contributed by atoms with Crippen LogP contribution in [-0.2, 0) is 16.0 Å². The molecular weight excluding hydrogens is 436 g/mol. The predicted octanol–water partition coefficient (Wildman–Crippen LogP) is 4.15. The molecule has 0 atom stereocenters. The largest absolute Gasteiger partial charge is 0.459 e. The lowest BCUT2D eigenvalue weighted by Crippen LogP contribution is -2.38. The van der Waals surface area contributed by atoms with Gasteiger partial charge in [-0.25, -0.2) is 9.59 Å². The number of carbonyl (C=O) groups excluding carboxylic acids is 3. The van der Waals surface area contributed by atoms with Crippen LogP contribution in [0.2, 0.25) is 0 Å². The first-order chi connectivity index (χ1) is 15.9. The topological polar surface area (TPSA) is 114 Å². The van der Waals surface area contributed by atoms with Crippen molar-refractivity contribution in [3.63, 3.8) is 0 Å². The highest BCUT2D eigenvalue weighted by Crippen LogP contribution is 2.20. The van der Waals surface area contributed by atoms with Gasteiger partial charge in [0.15, 0.2) is 0 Å². The third-order valence-electron chi connectivity index (χ3n) is 4.85. The zero-order valence-electron chi connectivity index (χ0n) is 21.2. The van der Waals surface area contributed by atoms with Crippen molar-refractivity contribution in [3.05, 3.63) is 52.6 Å². The van der Waals surface area contributed by atoms with Gasteiger partial charge in [-0.3, -0.25) is 9.78 Å². The molecule has 0 saturated heterocycles. The van der Waals surface area contributed by atoms with Gasteiger partial charge < -0.3 is 24.7 Å². The maximum atomic E-state index is 12.7. The van der Waals surface area contributed by atoms with Gasteiger partial charge in [-0.2, -0.15) is 0 Å². The average molecular weight is 473 g/mol. The van der Waals surface area contributed by atoms with Gasteiger partial charge in [0.2, 0.25) is 0 Å². The molecule has 186 valence electrons. The quantitative estimate of drug-likeness (QED) is 0.419. The van der Waals surface area contributed by atoms with Crippen molar-refractivity contribution in [2.24, 2.45) is 0 Å². The number of nitrogens with one attached hydrogen (secondary N) is 2. The van der Waals surface area contributed by atoms with Crippen molar-refractivity contribution in [2.45, 2.75) is 73.1 Å². The third-order valence-corrected chi connectivity index (χ3v) is 4.85. The van der Waals surface area contributed by atoms with Crippen LogP contribution in [-0.4, -0.2) is 57.6 Å². The number of rotatable bonds is 9. The summed E-state index contributed by atoms with van der Waals surface area (Å²) >= 11 is 0. The van der Waals surface area contributed by atoms with Crippen molar-refractivity contribution >= 4 is 18.0 Å². The van der Waals surface area contributed by atoms with Crippen LogP contribution in [0.15, 0.2) is 24.5 Å². The molecule has 2 aromatic rings. The minimum Gasteiger partial charge on any atom is -0.459 e. The molecular formula is C25H36N4O5. The van der Waals surface area contributed by atoms with E-state index in [4.69, 9.17) is 9.47 Å². The molecule has 0 aliphatic heterocycles. The van der Waals surface area contributed by atoms with E-state index in [1.807, 2.05) is 32.9 Å². The van der Waals surface area contributed by atoms with E-state index < -0.39 is 17.7 Å². The standard InChI is InChI=1S/C25H36N4O5/c1-16(2)33-23(31)20-17(3)21(28-18(20)4)22(30)27-12-9-13-29(24(32)34-25(5,6)7)15-19-10-8-11-26-14-19/h8,10-11,14,16,28H,9,12-13,15H2,1-7H3,(H,27,30). The maximum Gasteiger partial charge on any atom is 0.410 e. The fraction of sp³-hybridized carbons (Fsp3) is 0.520. The Balaban J connectivity index is 1.99. The molecule has 0 aliphatic carbocycles. The Labute approximate surface area is 201 Å². The summed E-state index contributed by atoms with van der Waals surface area (Å²) in [6.45, 7) is 13.5. The van der Waals surface area contributed by atoms with E-state index in [0.29, 0.717) is 48.6 Å². The smallest absolute Gasteiger partial charge is 0.410 e. The number of carbonyl (C=O) groups is 3. The van der Waals surface area contributed by atoms with Crippen LogP contribution >= 0.6 is 0 Å². The Morgan fingerprint density at radius 3 is 2.50 bits per heavy atom. The molecule has 2 N–H and O–H groups in total. The summed E-state index contributed by atoms with van der Waals surface area (Å²) in [5.41, 5.74) is 2.11. The van der Waals surface area contributed by atoms with Gasteiger partial charge in [0.1, 0.15) is 11.3 Å². The molecule has 0 bridgehead atoms. The Hall–Kier alpha value is -3.36. The molecule has 0 aliphatic rings. The van der Waals surface area contributed by atoms with E-state index in [-0.39, 0.29) is 12.0 Å². The number of ether oxygens (including phenoxy) is 2. The van der Waals surface area contributed by atoms with Gasteiger partial charge in [-0.15, -0.1) is 0 Å². The fourth-order valence-electron chi connectivity index (χ4n) is 3.39. The van der Waals surface area contributed by atoms with Gasteiger partial charge in [-0.05, 0) is 72.1 Å². The Bertz CT molecular complexity index is 993.